The Hall–Kier alpha value is -7.10. The van der Waals surface area contributed by atoms with Crippen molar-refractivity contribution in [1.29, 1.82) is 0 Å². The molecule has 76 heavy (non-hydrogen) atoms. The molecule has 1 unspecified atom stereocenters. The predicted octanol–water partition coefficient (Wildman–Crippen LogP) is 4.87. The van der Waals surface area contributed by atoms with Crippen LogP contribution in [0.4, 0.5) is 18.4 Å². The first-order valence-electron chi connectivity index (χ1n) is 23.6. The number of benzene rings is 2. The average molecular weight is 1130 g/mol. The van der Waals surface area contributed by atoms with Crippen molar-refractivity contribution in [1.82, 2.24) is 40.2 Å². The first-order valence-corrected chi connectivity index (χ1v) is 26.1. The molecule has 400 valence electrons. The second-order valence-electron chi connectivity index (χ2n) is 17.4. The topological polar surface area (TPSA) is 267 Å². The second-order valence-corrected chi connectivity index (χ2v) is 19.9. The number of nitrogens with one attached hydrogen (secondary N) is 2. The van der Waals surface area contributed by atoms with E-state index in [0.29, 0.717) is 33.1 Å². The molecule has 6 aliphatic rings. The van der Waals surface area contributed by atoms with E-state index in [-0.39, 0.29) is 98.0 Å². The normalized spacial score (nSPS) is 23.4. The van der Waals surface area contributed by atoms with Gasteiger partial charge >= 0.3 is 36.1 Å². The summed E-state index contributed by atoms with van der Waals surface area (Å²) in [4.78, 5) is 99.5. The van der Waals surface area contributed by atoms with Crippen LogP contribution in [0.1, 0.15) is 47.1 Å². The lowest BCUT2D eigenvalue weighted by atomic mass is 9.94. The largest absolute Gasteiger partial charge is 0.480 e. The number of carbonyl (C=O) groups is 6. The zero-order chi connectivity index (χ0) is 53.9. The number of esters is 2. The first-order chi connectivity index (χ1) is 36.6. The number of carboxylic acid groups (broad SMARTS) is 2. The molecule has 0 bridgehead atoms. The summed E-state index contributed by atoms with van der Waals surface area (Å²) >= 11 is 15.3. The Morgan fingerprint density at radius 1 is 0.684 bits per heavy atom. The minimum atomic E-state index is -1.13. The third-order valence-corrected chi connectivity index (χ3v) is 15.4. The first kappa shape index (κ1) is 53.7. The van der Waals surface area contributed by atoms with Crippen molar-refractivity contribution in [3.8, 4) is 0 Å². The van der Waals surface area contributed by atoms with E-state index in [0.717, 1.165) is 0 Å². The number of aliphatic carboxylic acids is 2. The number of thiazole rings is 2. The molecule has 0 spiro atoms. The lowest BCUT2D eigenvalue weighted by Crippen LogP contribution is -2.62. The minimum absolute atomic E-state index is 0.0303. The zero-order valence-corrected chi connectivity index (χ0v) is 43.3. The third-order valence-electron chi connectivity index (χ3n) is 13.1. The van der Waals surface area contributed by atoms with E-state index >= 15 is 0 Å². The quantitative estimate of drug-likeness (QED) is 0.0969. The molecule has 28 heteroatoms. The maximum atomic E-state index is 14.5. The molecule has 4 N–H and O–H groups in total. The van der Waals surface area contributed by atoms with Gasteiger partial charge in [-0.05, 0) is 26.0 Å². The van der Waals surface area contributed by atoms with E-state index < -0.39 is 83.9 Å². The predicted molar refractivity (Wildman–Crippen MR) is 269 cm³/mol. The molecule has 0 aliphatic carbocycles. The molecular formula is C48H46Cl2F2N10O12S2. The molecule has 4 aromatic rings. The molecule has 22 nitrogen and oxygen atoms in total. The van der Waals surface area contributed by atoms with Crippen LogP contribution in [-0.4, -0.2) is 177 Å². The van der Waals surface area contributed by atoms with Gasteiger partial charge in [0.2, 0.25) is 0 Å². The monoisotopic (exact) mass is 1130 g/mol. The molecule has 4 saturated heterocycles. The standard InChI is InChI=1S/2C24H23ClFN5O6S/c2*1-2-36-23(34)16-14(10-30-7-8-31-15(11-37-24(31)35)19(30)22(32)33)28-20(21-27-6-9-38-21)29-18(16)12-4-3-5-13(26)17(12)25/h2*3-6,9,15,18-19H,2,7-8,10-11H2,1H3,(H,28,29)(H,32,33)/t15-,18+,19+;15-,18-,19?/m10/s1. The number of carbonyl (C=O) groups excluding carboxylic acids is 4. The van der Waals surface area contributed by atoms with Crippen LogP contribution < -0.4 is 10.6 Å². The van der Waals surface area contributed by atoms with Crippen molar-refractivity contribution in [2.45, 2.75) is 50.1 Å². The maximum absolute atomic E-state index is 14.5. The van der Waals surface area contributed by atoms with Crippen molar-refractivity contribution in [3.05, 3.63) is 125 Å². The molecule has 6 atom stereocenters. The summed E-state index contributed by atoms with van der Waals surface area (Å²) < 4.78 is 49.9. The number of hydrogen-bond acceptors (Lipinski definition) is 20. The molecule has 0 saturated carbocycles. The van der Waals surface area contributed by atoms with Crippen LogP contribution in [0, 0.1) is 11.6 Å². The van der Waals surface area contributed by atoms with Crippen molar-refractivity contribution >= 4 is 93.6 Å². The van der Waals surface area contributed by atoms with E-state index in [1.54, 1.807) is 58.9 Å². The number of nitrogens with zero attached hydrogens (tertiary/aromatic N) is 8. The van der Waals surface area contributed by atoms with Crippen LogP contribution in [0.3, 0.4) is 0 Å². The number of ether oxygens (including phenoxy) is 4. The molecular weight excluding hydrogens is 1080 g/mol. The van der Waals surface area contributed by atoms with Crippen LogP contribution in [0.2, 0.25) is 10.0 Å². The number of piperazine rings is 2. The maximum Gasteiger partial charge on any atom is 0.410 e. The van der Waals surface area contributed by atoms with Crippen molar-refractivity contribution in [2.24, 2.45) is 9.98 Å². The van der Waals surface area contributed by atoms with Crippen LogP contribution in [0.15, 0.2) is 92.1 Å². The van der Waals surface area contributed by atoms with Crippen LogP contribution in [0.25, 0.3) is 0 Å². The smallest absolute Gasteiger partial charge is 0.410 e. The number of rotatable bonds is 14. The number of fused-ring (bicyclic) bond motifs is 2. The van der Waals surface area contributed by atoms with Crippen molar-refractivity contribution in [3.63, 3.8) is 0 Å². The Morgan fingerprint density at radius 2 is 1.09 bits per heavy atom. The number of aliphatic imine (C=N–C) groups is 2. The molecule has 6 aliphatic heterocycles. The van der Waals surface area contributed by atoms with Crippen molar-refractivity contribution < 1.29 is 66.7 Å². The summed E-state index contributed by atoms with van der Waals surface area (Å²) in [7, 11) is 0. The lowest BCUT2D eigenvalue weighted by molar-refractivity contribution is -0.148. The molecule has 2 amide bonds. The molecule has 10 rings (SSSR count). The molecule has 0 radical (unpaired) electrons. The fourth-order valence-corrected chi connectivity index (χ4v) is 11.4. The number of amidine groups is 2. The zero-order valence-electron chi connectivity index (χ0n) is 40.2. The lowest BCUT2D eigenvalue weighted by Gasteiger charge is -2.41. The van der Waals surface area contributed by atoms with Gasteiger partial charge in [0.25, 0.3) is 0 Å². The van der Waals surface area contributed by atoms with Gasteiger partial charge in [0.05, 0.1) is 46.5 Å². The Morgan fingerprint density at radius 3 is 1.45 bits per heavy atom. The molecule has 2 aromatic carbocycles. The third kappa shape index (κ3) is 10.7. The van der Waals surface area contributed by atoms with Gasteiger partial charge in [0.15, 0.2) is 21.7 Å². The molecule has 4 fully saturated rings. The SMILES string of the molecule is CCOC(=O)C1=C(CN2CCN3C(=O)OC[C@@H]3[C@H]2C(=O)O)NC(c2nccs2)=N[C@H]1c1cccc(F)c1Cl.CCOC(=O)C1=C(CN2CCN3C(=O)OC[C@H]3C2C(=O)O)NC(c2nccs2)=N[C@H]1c1cccc(F)c1Cl. The summed E-state index contributed by atoms with van der Waals surface area (Å²) in [6.45, 7) is 4.18. The number of hydrogen-bond donors (Lipinski definition) is 4. The van der Waals surface area contributed by atoms with Crippen molar-refractivity contribution in [2.75, 3.05) is 65.7 Å². The highest BCUT2D eigenvalue weighted by atomic mass is 35.5. The second kappa shape index (κ2) is 23.0. The van der Waals surface area contributed by atoms with Gasteiger partial charge in [0, 0.05) is 84.9 Å². The number of aromatic nitrogens is 2. The van der Waals surface area contributed by atoms with E-state index in [9.17, 15) is 47.8 Å². The Bertz CT molecular complexity index is 2870. The number of halogens is 4. The van der Waals surface area contributed by atoms with Gasteiger partial charge in [-0.3, -0.25) is 39.2 Å². The fourth-order valence-electron chi connectivity index (χ4n) is 9.76. The average Bonchev–Trinajstić information content (AvgIpc) is 4.26. The van der Waals surface area contributed by atoms with Crippen LogP contribution >= 0.6 is 45.9 Å². The summed E-state index contributed by atoms with van der Waals surface area (Å²) in [5.41, 5.74) is 1.28. The van der Waals surface area contributed by atoms with E-state index in [4.69, 9.17) is 42.1 Å². The van der Waals surface area contributed by atoms with Gasteiger partial charge < -0.3 is 39.8 Å². The summed E-state index contributed by atoms with van der Waals surface area (Å²) in [6.07, 6.45) is 2.08. The number of amides is 2. The summed E-state index contributed by atoms with van der Waals surface area (Å²) in [5, 5.41) is 30.6. The minimum Gasteiger partial charge on any atom is -0.480 e. The number of carboxylic acids is 2. The van der Waals surface area contributed by atoms with Gasteiger partial charge in [0.1, 0.15) is 49.0 Å². The Kier molecular flexibility index (Phi) is 16.3. The van der Waals surface area contributed by atoms with E-state index in [1.165, 1.54) is 56.7 Å². The van der Waals surface area contributed by atoms with Gasteiger partial charge in [-0.1, -0.05) is 47.5 Å². The highest BCUT2D eigenvalue weighted by Crippen LogP contribution is 2.40. The van der Waals surface area contributed by atoms with Gasteiger partial charge in [-0.15, -0.1) is 22.7 Å². The van der Waals surface area contributed by atoms with E-state index in [1.807, 2.05) is 0 Å². The molecule has 8 heterocycles. The number of cyclic esters (lactones) is 2. The highest BCUT2D eigenvalue weighted by Gasteiger charge is 2.50. The van der Waals surface area contributed by atoms with Gasteiger partial charge in [-0.2, -0.15) is 0 Å². The fraction of sp³-hybridized carbons (Fsp3) is 0.375. The van der Waals surface area contributed by atoms with E-state index in [2.05, 4.69) is 30.6 Å². The van der Waals surface area contributed by atoms with Gasteiger partial charge in [-0.25, -0.2) is 37.9 Å². The van der Waals surface area contributed by atoms with Crippen LogP contribution in [-0.2, 0) is 38.1 Å². The molecule has 2 aromatic heterocycles. The highest BCUT2D eigenvalue weighted by molar-refractivity contribution is 7.12. The summed E-state index contributed by atoms with van der Waals surface area (Å²) in [5.74, 6) is -4.38. The Labute approximate surface area is 449 Å². The van der Waals surface area contributed by atoms with Crippen LogP contribution in [0.5, 0.6) is 0 Å². The summed E-state index contributed by atoms with van der Waals surface area (Å²) in [6, 6.07) is 2.83. The Balaban J connectivity index is 0.000000186.